The molecule has 4 heterocycles. The van der Waals surface area contributed by atoms with E-state index in [-0.39, 0.29) is 66.1 Å². The van der Waals surface area contributed by atoms with Gasteiger partial charge in [0.05, 0.1) is 46.2 Å². The fourth-order valence-corrected chi connectivity index (χ4v) is 4.44. The molecule has 0 saturated carbocycles. The van der Waals surface area contributed by atoms with E-state index in [0.29, 0.717) is 0 Å². The molecule has 19 heteroatoms. The highest BCUT2D eigenvalue weighted by atomic mass is 32.2. The van der Waals surface area contributed by atoms with Gasteiger partial charge in [0.1, 0.15) is 50.3 Å². The summed E-state index contributed by atoms with van der Waals surface area (Å²) in [5.74, 6) is 0. The van der Waals surface area contributed by atoms with Crippen molar-refractivity contribution in [2.24, 2.45) is 0 Å². The molecule has 0 aliphatic carbocycles. The Morgan fingerprint density at radius 2 is 1.25 bits per heavy atom. The second kappa shape index (κ2) is 15.0. The lowest BCUT2D eigenvalue weighted by Gasteiger charge is -2.33. The van der Waals surface area contributed by atoms with Crippen LogP contribution in [0.2, 0.25) is 0 Å². The molecular weight excluding hydrogens is 572 g/mol. The average Bonchev–Trinajstić information content (AvgIpc) is 3.72. The lowest BCUT2D eigenvalue weighted by Crippen LogP contribution is -2.51. The van der Waals surface area contributed by atoms with Crippen molar-refractivity contribution in [3.63, 3.8) is 0 Å². The number of aliphatic hydroxyl groups is 2. The zero-order valence-electron chi connectivity index (χ0n) is 21.0. The smallest absolute Gasteiger partial charge is 0.430 e. The van der Waals surface area contributed by atoms with E-state index in [1.807, 2.05) is 0 Å². The van der Waals surface area contributed by atoms with Gasteiger partial charge in [-0.05, 0) is 0 Å². The Bertz CT molecular complexity index is 888. The molecule has 0 aromatic heterocycles. The van der Waals surface area contributed by atoms with Crippen molar-refractivity contribution in [2.45, 2.75) is 48.8 Å². The fourth-order valence-electron chi connectivity index (χ4n) is 3.79. The Morgan fingerprint density at radius 3 is 1.75 bits per heavy atom. The van der Waals surface area contributed by atoms with Crippen molar-refractivity contribution >= 4 is 29.8 Å². The van der Waals surface area contributed by atoms with Crippen LogP contribution in [0.25, 0.3) is 0 Å². The summed E-state index contributed by atoms with van der Waals surface area (Å²) >= 11 is -1.93. The molecule has 4 aliphatic heterocycles. The number of aliphatic hydroxyl groups excluding tert-OH is 2. The average molecular weight is 603 g/mol. The second-order valence-electron chi connectivity index (χ2n) is 8.91. The van der Waals surface area contributed by atoms with Crippen molar-refractivity contribution in [3.05, 3.63) is 0 Å². The second-order valence-corrected chi connectivity index (χ2v) is 9.75. The van der Waals surface area contributed by atoms with Gasteiger partial charge in [0, 0.05) is 0 Å². The molecule has 4 fully saturated rings. The Kier molecular flexibility index (Phi) is 11.5. The van der Waals surface area contributed by atoms with Crippen LogP contribution < -0.4 is 0 Å². The molecule has 4 saturated heterocycles. The molecule has 18 nitrogen and oxygen atoms in total. The highest BCUT2D eigenvalue weighted by Gasteiger charge is 2.38. The maximum atomic E-state index is 11.4. The van der Waals surface area contributed by atoms with Gasteiger partial charge in [-0.15, -0.1) is 0 Å². The van der Waals surface area contributed by atoms with Crippen LogP contribution >= 0.6 is 0 Å². The van der Waals surface area contributed by atoms with Crippen molar-refractivity contribution in [2.75, 3.05) is 66.1 Å². The van der Waals surface area contributed by atoms with Gasteiger partial charge in [0.2, 0.25) is 0 Å². The van der Waals surface area contributed by atoms with E-state index < -0.39 is 78.7 Å². The summed E-state index contributed by atoms with van der Waals surface area (Å²) in [7, 11) is 0. The first kappa shape index (κ1) is 30.6. The summed E-state index contributed by atoms with van der Waals surface area (Å²) in [6.07, 6.45) is -11.0. The number of hydrogen-bond acceptors (Lipinski definition) is 18. The van der Waals surface area contributed by atoms with Gasteiger partial charge in [-0.3, -0.25) is 8.37 Å². The molecular formula is C21H30O18S. The van der Waals surface area contributed by atoms with E-state index >= 15 is 0 Å². The largest absolute Gasteiger partial charge is 0.508 e. The molecule has 228 valence electrons. The molecule has 0 spiro atoms. The lowest BCUT2D eigenvalue weighted by atomic mass is 10.0. The van der Waals surface area contributed by atoms with Crippen LogP contribution in [0.4, 0.5) is 14.4 Å². The third-order valence-electron chi connectivity index (χ3n) is 5.76. The van der Waals surface area contributed by atoms with E-state index in [2.05, 4.69) is 4.74 Å². The van der Waals surface area contributed by atoms with Gasteiger partial charge in [-0.25, -0.2) is 14.4 Å². The molecule has 0 aromatic carbocycles. The third-order valence-corrected chi connectivity index (χ3v) is 6.52. The highest BCUT2D eigenvalue weighted by Crippen LogP contribution is 2.19. The van der Waals surface area contributed by atoms with Gasteiger partial charge in [0.15, 0.2) is 18.3 Å². The van der Waals surface area contributed by atoms with Crippen LogP contribution in [0.1, 0.15) is 0 Å². The molecule has 4 rings (SSSR count). The molecule has 0 amide bonds. The number of carbonyl (C=O) groups excluding carboxylic acids is 3. The molecule has 9 unspecified atom stereocenters. The van der Waals surface area contributed by atoms with E-state index in [1.165, 1.54) is 0 Å². The SMILES string of the molecule is O=C1OCC(COCC(O)C(OCC2COC(=O)O2)C(O)C(COCC2COC(=O)O2)OCC2COS(=O)O2)O1. The van der Waals surface area contributed by atoms with Gasteiger partial charge in [-0.1, -0.05) is 0 Å². The molecule has 0 radical (unpaired) electrons. The standard InChI is InChI=1S/C21H30O18S/c22-15(9-28-1-11-4-32-19(24)36-11)18(31-3-13-6-34-21(26)38-13)17(23)16(30-7-14-8-35-40(27)39-14)10-29-2-12-5-33-20(25)37-12/h11-18,22-23H,1-10H2. The maximum Gasteiger partial charge on any atom is 0.508 e. The fraction of sp³-hybridized carbons (Fsp3) is 0.857. The Balaban J connectivity index is 1.36. The first-order chi connectivity index (χ1) is 19.3. The van der Waals surface area contributed by atoms with Crippen LogP contribution in [0.5, 0.6) is 0 Å². The Morgan fingerprint density at radius 1 is 0.725 bits per heavy atom. The van der Waals surface area contributed by atoms with Crippen molar-refractivity contribution < 1.29 is 84.5 Å². The number of hydrogen-bond donors (Lipinski definition) is 2. The summed E-state index contributed by atoms with van der Waals surface area (Å²) in [5.41, 5.74) is 0. The van der Waals surface area contributed by atoms with Crippen molar-refractivity contribution in [1.29, 1.82) is 0 Å². The first-order valence-electron chi connectivity index (χ1n) is 12.2. The molecule has 0 bridgehead atoms. The van der Waals surface area contributed by atoms with Gasteiger partial charge in [0.25, 0.3) is 0 Å². The van der Waals surface area contributed by atoms with Crippen LogP contribution in [-0.2, 0) is 67.1 Å². The third kappa shape index (κ3) is 9.35. The van der Waals surface area contributed by atoms with E-state index in [9.17, 15) is 28.8 Å². The quantitative estimate of drug-likeness (QED) is 0.137. The lowest BCUT2D eigenvalue weighted by molar-refractivity contribution is -0.180. The Labute approximate surface area is 229 Å². The van der Waals surface area contributed by atoms with Crippen molar-refractivity contribution in [3.8, 4) is 0 Å². The number of ether oxygens (including phenoxy) is 10. The van der Waals surface area contributed by atoms with E-state index in [4.69, 9.17) is 51.0 Å². The molecule has 40 heavy (non-hydrogen) atoms. The summed E-state index contributed by atoms with van der Waals surface area (Å²) in [4.78, 5) is 33.5. The van der Waals surface area contributed by atoms with Crippen LogP contribution in [0, 0.1) is 0 Å². The zero-order chi connectivity index (χ0) is 28.5. The summed E-state index contributed by atoms with van der Waals surface area (Å²) in [6, 6.07) is 0. The predicted molar refractivity (Wildman–Crippen MR) is 121 cm³/mol. The minimum atomic E-state index is -1.93. The Hall–Kier alpha value is -2.36. The van der Waals surface area contributed by atoms with Gasteiger partial charge >= 0.3 is 29.8 Å². The normalized spacial score (nSPS) is 30.9. The maximum absolute atomic E-state index is 11.4. The van der Waals surface area contributed by atoms with E-state index in [1.54, 1.807) is 0 Å². The number of rotatable bonds is 17. The number of cyclic esters (lactones) is 6. The van der Waals surface area contributed by atoms with E-state index in [0.717, 1.165) is 0 Å². The highest BCUT2D eigenvalue weighted by molar-refractivity contribution is 7.75. The monoisotopic (exact) mass is 602 g/mol. The summed E-state index contributed by atoms with van der Waals surface area (Å²) in [5, 5.41) is 22.1. The molecule has 2 N–H and O–H groups in total. The molecule has 9 atom stereocenters. The van der Waals surface area contributed by atoms with Crippen LogP contribution in [-0.4, -0.2) is 148 Å². The molecule has 0 aromatic rings. The number of carbonyl (C=O) groups is 3. The summed E-state index contributed by atoms with van der Waals surface area (Å²) < 4.78 is 72.5. The first-order valence-corrected chi connectivity index (χ1v) is 13.2. The van der Waals surface area contributed by atoms with Gasteiger partial charge < -0.3 is 57.6 Å². The predicted octanol–water partition coefficient (Wildman–Crippen LogP) is -1.89. The molecule has 4 aliphatic rings. The van der Waals surface area contributed by atoms with Crippen molar-refractivity contribution in [1.82, 2.24) is 0 Å². The van der Waals surface area contributed by atoms with Crippen LogP contribution in [0.3, 0.4) is 0 Å². The van der Waals surface area contributed by atoms with Gasteiger partial charge in [-0.2, -0.15) is 4.21 Å². The minimum Gasteiger partial charge on any atom is -0.430 e. The van der Waals surface area contributed by atoms with Crippen LogP contribution in [0.15, 0.2) is 0 Å². The zero-order valence-corrected chi connectivity index (χ0v) is 21.8. The minimum absolute atomic E-state index is 0.0166. The summed E-state index contributed by atoms with van der Waals surface area (Å²) in [6.45, 7) is -1.38. The topological polar surface area (TPSA) is 219 Å².